The molecule has 1 fully saturated rings. The number of nitrogens with zero attached hydrogens (tertiary/aromatic N) is 1. The smallest absolute Gasteiger partial charge is 0.114 e. The number of hydrogen-bond acceptors (Lipinski definition) is 2. The first-order valence-corrected chi connectivity index (χ1v) is 3.75. The second-order valence-electron chi connectivity index (χ2n) is 2.43. The summed E-state index contributed by atoms with van der Waals surface area (Å²) in [6.45, 7) is 4.69. The normalized spacial score (nSPS) is 24.5. The highest BCUT2D eigenvalue weighted by Gasteiger charge is 2.19. The van der Waals surface area contributed by atoms with E-state index in [0.29, 0.717) is 6.54 Å². The van der Waals surface area contributed by atoms with E-state index in [-0.39, 0.29) is 0 Å². The van der Waals surface area contributed by atoms with Gasteiger partial charge in [-0.1, -0.05) is 6.92 Å². The van der Waals surface area contributed by atoms with E-state index in [0.717, 1.165) is 26.6 Å². The van der Waals surface area contributed by atoms with Gasteiger partial charge in [0.2, 0.25) is 0 Å². The summed E-state index contributed by atoms with van der Waals surface area (Å²) in [6.07, 6.45) is 0.198. The molecular formula is C7H15F2NO. The summed E-state index contributed by atoms with van der Waals surface area (Å²) >= 11 is 0. The Hall–Kier alpha value is -0.220. The highest BCUT2D eigenvalue weighted by Crippen LogP contribution is 2.10. The lowest BCUT2D eigenvalue weighted by molar-refractivity contribution is -0.0960. The van der Waals surface area contributed by atoms with Crippen LogP contribution in [-0.4, -0.2) is 37.8 Å². The minimum atomic E-state index is -0.546. The summed E-state index contributed by atoms with van der Waals surface area (Å²) in [4.78, 5) is 4.88. The van der Waals surface area contributed by atoms with Crippen LogP contribution in [0.15, 0.2) is 0 Å². The van der Waals surface area contributed by atoms with Crippen molar-refractivity contribution in [3.63, 3.8) is 0 Å². The first kappa shape index (κ1) is 10.8. The lowest BCUT2D eigenvalue weighted by Crippen LogP contribution is -2.19. The van der Waals surface area contributed by atoms with Gasteiger partial charge >= 0.3 is 0 Å². The lowest BCUT2D eigenvalue weighted by Gasteiger charge is -2.08. The molecular weight excluding hydrogens is 152 g/mol. The molecule has 0 aromatic heterocycles. The summed E-state index contributed by atoms with van der Waals surface area (Å²) < 4.78 is 22.1. The molecule has 0 radical (unpaired) electrons. The fraction of sp³-hybridized carbons (Fsp3) is 1.00. The Morgan fingerprint density at radius 3 is 2.36 bits per heavy atom. The topological polar surface area (TPSA) is 12.5 Å². The van der Waals surface area contributed by atoms with Crippen molar-refractivity contribution < 1.29 is 13.9 Å². The van der Waals surface area contributed by atoms with Crippen LogP contribution in [0, 0.1) is 0 Å². The Kier molecular flexibility index (Phi) is 6.36. The second kappa shape index (κ2) is 6.49. The largest absolute Gasteiger partial charge is 0.301 e. The minimum absolute atomic E-state index is 0.546. The predicted molar refractivity (Wildman–Crippen MR) is 39.7 cm³/mol. The summed E-state index contributed by atoms with van der Waals surface area (Å²) in [5.74, 6) is 0. The number of halogens is 2. The lowest BCUT2D eigenvalue weighted by atomic mass is 10.3. The van der Waals surface area contributed by atoms with Crippen LogP contribution in [0.3, 0.4) is 0 Å². The van der Waals surface area contributed by atoms with Crippen LogP contribution < -0.4 is 0 Å². The Labute approximate surface area is 66.0 Å². The van der Waals surface area contributed by atoms with Gasteiger partial charge in [-0.3, -0.25) is 0 Å². The third kappa shape index (κ3) is 5.09. The third-order valence-electron chi connectivity index (χ3n) is 1.66. The van der Waals surface area contributed by atoms with Gasteiger partial charge < -0.3 is 4.90 Å². The van der Waals surface area contributed by atoms with Crippen molar-refractivity contribution in [3.8, 4) is 0 Å². The van der Waals surface area contributed by atoms with Gasteiger partial charge in [-0.05, 0) is 17.5 Å². The van der Waals surface area contributed by atoms with Crippen molar-refractivity contribution in [2.45, 2.75) is 19.5 Å². The zero-order chi connectivity index (χ0) is 8.69. The fourth-order valence-electron chi connectivity index (χ4n) is 1.07. The molecule has 4 heteroatoms. The molecule has 1 heterocycles. The number of hydrogen-bond donors (Lipinski definition) is 0. The average Bonchev–Trinajstić information content (AvgIpc) is 2.37. The summed E-state index contributed by atoms with van der Waals surface area (Å²) in [7, 11) is 0.958. The Balaban J connectivity index is 0.000000292. The summed E-state index contributed by atoms with van der Waals surface area (Å²) in [5, 5.41) is 0. The Morgan fingerprint density at radius 2 is 2.18 bits per heavy atom. The van der Waals surface area contributed by atoms with E-state index >= 15 is 0 Å². The molecule has 1 unspecified atom stereocenters. The summed E-state index contributed by atoms with van der Waals surface area (Å²) in [6, 6.07) is 0. The van der Waals surface area contributed by atoms with Gasteiger partial charge in [-0.25, -0.2) is 4.39 Å². The first-order valence-electron chi connectivity index (χ1n) is 3.75. The zero-order valence-electron chi connectivity index (χ0n) is 7.02. The van der Waals surface area contributed by atoms with Crippen LogP contribution >= 0.6 is 0 Å². The monoisotopic (exact) mass is 167 g/mol. The van der Waals surface area contributed by atoms with Gasteiger partial charge in [0.15, 0.2) is 0 Å². The Morgan fingerprint density at radius 1 is 1.64 bits per heavy atom. The van der Waals surface area contributed by atoms with Crippen LogP contribution in [-0.2, 0) is 4.94 Å². The van der Waals surface area contributed by atoms with Crippen LogP contribution in [0.4, 0.5) is 8.92 Å². The first-order chi connectivity index (χ1) is 5.24. The van der Waals surface area contributed by atoms with Crippen molar-refractivity contribution in [2.75, 3.05) is 26.7 Å². The molecule has 2 nitrogen and oxygen atoms in total. The SMILES string of the molecule is CCN1CCC(F)C1.COF. The molecule has 1 atom stereocenters. The van der Waals surface area contributed by atoms with Gasteiger partial charge in [0.05, 0.1) is 7.11 Å². The van der Waals surface area contributed by atoms with Crippen molar-refractivity contribution in [1.82, 2.24) is 4.90 Å². The molecule has 1 rings (SSSR count). The molecule has 11 heavy (non-hydrogen) atoms. The maximum Gasteiger partial charge on any atom is 0.114 e. The highest BCUT2D eigenvalue weighted by molar-refractivity contribution is 4.72. The number of rotatable bonds is 1. The predicted octanol–water partition coefficient (Wildman–Crippen LogP) is 1.57. The van der Waals surface area contributed by atoms with Crippen LogP contribution in [0.5, 0.6) is 0 Å². The van der Waals surface area contributed by atoms with Crippen molar-refractivity contribution in [3.05, 3.63) is 0 Å². The van der Waals surface area contributed by atoms with Gasteiger partial charge in [0, 0.05) is 13.1 Å². The molecule has 68 valence electrons. The van der Waals surface area contributed by atoms with E-state index in [1.807, 2.05) is 0 Å². The molecule has 0 bridgehead atoms. The number of alkyl halides is 1. The van der Waals surface area contributed by atoms with E-state index in [2.05, 4.69) is 16.8 Å². The second-order valence-corrected chi connectivity index (χ2v) is 2.43. The third-order valence-corrected chi connectivity index (χ3v) is 1.66. The Bertz CT molecular complexity index is 92.5. The van der Waals surface area contributed by atoms with Crippen molar-refractivity contribution >= 4 is 0 Å². The fourth-order valence-corrected chi connectivity index (χ4v) is 1.07. The average molecular weight is 167 g/mol. The van der Waals surface area contributed by atoms with E-state index in [9.17, 15) is 8.92 Å². The van der Waals surface area contributed by atoms with E-state index in [4.69, 9.17) is 0 Å². The van der Waals surface area contributed by atoms with Gasteiger partial charge in [-0.2, -0.15) is 4.94 Å². The maximum absolute atomic E-state index is 12.3. The highest BCUT2D eigenvalue weighted by atomic mass is 19.3. The molecule has 0 aromatic rings. The maximum atomic E-state index is 12.3. The van der Waals surface area contributed by atoms with Crippen LogP contribution in [0.25, 0.3) is 0 Å². The van der Waals surface area contributed by atoms with Gasteiger partial charge in [-0.15, -0.1) is 0 Å². The van der Waals surface area contributed by atoms with Crippen LogP contribution in [0.1, 0.15) is 13.3 Å². The minimum Gasteiger partial charge on any atom is -0.301 e. The van der Waals surface area contributed by atoms with Crippen molar-refractivity contribution in [1.29, 1.82) is 0 Å². The molecule has 1 saturated heterocycles. The molecule has 1 aliphatic rings. The molecule has 1 aliphatic heterocycles. The standard InChI is InChI=1S/C6H12FN.CH3FO/c1-2-8-4-3-6(7)5-8;1-3-2/h6H,2-5H2,1H3;1H3. The van der Waals surface area contributed by atoms with E-state index in [1.54, 1.807) is 0 Å². The molecule has 0 aliphatic carbocycles. The van der Waals surface area contributed by atoms with Gasteiger partial charge in [0.25, 0.3) is 0 Å². The van der Waals surface area contributed by atoms with Crippen molar-refractivity contribution in [2.24, 2.45) is 0 Å². The van der Waals surface area contributed by atoms with Gasteiger partial charge in [0.1, 0.15) is 6.17 Å². The molecule has 0 amide bonds. The number of likely N-dealkylation sites (tertiary alicyclic amines) is 1. The quantitative estimate of drug-likeness (QED) is 0.587. The van der Waals surface area contributed by atoms with E-state index in [1.165, 1.54) is 0 Å². The molecule has 0 saturated carbocycles. The molecule has 0 aromatic carbocycles. The zero-order valence-corrected chi connectivity index (χ0v) is 7.02. The molecule has 0 N–H and O–H groups in total. The molecule has 0 spiro atoms. The van der Waals surface area contributed by atoms with Crippen LogP contribution in [0.2, 0.25) is 0 Å². The van der Waals surface area contributed by atoms with E-state index < -0.39 is 6.17 Å². The summed E-state index contributed by atoms with van der Waals surface area (Å²) in [5.41, 5.74) is 0.